The first-order valence-corrected chi connectivity index (χ1v) is 10.4. The standard InChI is InChI=1S/C24H30O6/c1-5-27-20-11-17-14-24(3,4)30-23(17)18(12-20)15-29-19-9-7-16(8-10-22(25)26)21(13-19)28-6-2/h7,9,11-13H,5-6,8,10,14-15H2,1-4H3,(H,25,26). The summed E-state index contributed by atoms with van der Waals surface area (Å²) in [5, 5.41) is 8.95. The highest BCUT2D eigenvalue weighted by molar-refractivity contribution is 5.67. The highest BCUT2D eigenvalue weighted by atomic mass is 16.5. The fourth-order valence-electron chi connectivity index (χ4n) is 3.64. The highest BCUT2D eigenvalue weighted by Gasteiger charge is 2.32. The minimum absolute atomic E-state index is 0.0593. The topological polar surface area (TPSA) is 74.2 Å². The second kappa shape index (κ2) is 9.28. The molecule has 1 aliphatic rings. The number of ether oxygens (including phenoxy) is 4. The van der Waals surface area contributed by atoms with Crippen LogP contribution in [0.15, 0.2) is 30.3 Å². The molecule has 0 unspecified atom stereocenters. The third-order valence-corrected chi connectivity index (χ3v) is 4.86. The van der Waals surface area contributed by atoms with Crippen molar-refractivity contribution >= 4 is 5.97 Å². The summed E-state index contributed by atoms with van der Waals surface area (Å²) in [6, 6.07) is 9.54. The van der Waals surface area contributed by atoms with E-state index in [1.165, 1.54) is 0 Å². The molecular formula is C24H30O6. The molecule has 0 saturated carbocycles. The summed E-state index contributed by atoms with van der Waals surface area (Å²) in [4.78, 5) is 10.9. The predicted octanol–water partition coefficient (Wildman–Crippen LogP) is 4.79. The molecule has 6 nitrogen and oxygen atoms in total. The molecule has 1 N–H and O–H groups in total. The minimum Gasteiger partial charge on any atom is -0.494 e. The fourth-order valence-corrected chi connectivity index (χ4v) is 3.64. The van der Waals surface area contributed by atoms with E-state index in [0.717, 1.165) is 34.6 Å². The average Bonchev–Trinajstić information content (AvgIpc) is 2.99. The average molecular weight is 414 g/mol. The van der Waals surface area contributed by atoms with Gasteiger partial charge in [0.2, 0.25) is 0 Å². The summed E-state index contributed by atoms with van der Waals surface area (Å²) in [7, 11) is 0. The van der Waals surface area contributed by atoms with Crippen molar-refractivity contribution in [2.45, 2.75) is 59.2 Å². The lowest BCUT2D eigenvalue weighted by molar-refractivity contribution is -0.136. The van der Waals surface area contributed by atoms with Gasteiger partial charge in [-0.2, -0.15) is 0 Å². The summed E-state index contributed by atoms with van der Waals surface area (Å²) in [5.74, 6) is 2.16. The molecule has 6 heteroatoms. The summed E-state index contributed by atoms with van der Waals surface area (Å²) < 4.78 is 23.6. The number of carboxylic acids is 1. The number of carboxylic acid groups (broad SMARTS) is 1. The maximum Gasteiger partial charge on any atom is 0.303 e. The lowest BCUT2D eigenvalue weighted by Crippen LogP contribution is -2.25. The highest BCUT2D eigenvalue weighted by Crippen LogP contribution is 2.41. The number of rotatable bonds is 10. The molecule has 0 radical (unpaired) electrons. The molecule has 3 rings (SSSR count). The van der Waals surface area contributed by atoms with E-state index < -0.39 is 5.97 Å². The Hall–Kier alpha value is -2.89. The van der Waals surface area contributed by atoms with E-state index in [2.05, 4.69) is 13.8 Å². The molecule has 0 aliphatic carbocycles. The van der Waals surface area contributed by atoms with Crippen LogP contribution in [0.5, 0.6) is 23.0 Å². The first-order valence-electron chi connectivity index (χ1n) is 10.4. The maximum atomic E-state index is 10.9. The molecule has 0 aromatic heterocycles. The molecule has 0 bridgehead atoms. The van der Waals surface area contributed by atoms with Crippen LogP contribution in [0.3, 0.4) is 0 Å². The molecule has 1 heterocycles. The van der Waals surface area contributed by atoms with Crippen LogP contribution in [0.2, 0.25) is 0 Å². The summed E-state index contributed by atoms with van der Waals surface area (Å²) >= 11 is 0. The SMILES string of the molecule is CCOc1cc(COc2ccc(CCC(=O)O)c(OCC)c2)c2c(c1)CC(C)(C)O2. The Kier molecular flexibility index (Phi) is 6.75. The lowest BCUT2D eigenvalue weighted by Gasteiger charge is -2.19. The van der Waals surface area contributed by atoms with E-state index in [1.54, 1.807) is 0 Å². The first kappa shape index (κ1) is 21.8. The Morgan fingerprint density at radius 1 is 1.03 bits per heavy atom. The lowest BCUT2D eigenvalue weighted by atomic mass is 10.0. The molecule has 2 aromatic rings. The van der Waals surface area contributed by atoms with Gasteiger partial charge in [-0.25, -0.2) is 0 Å². The van der Waals surface area contributed by atoms with Gasteiger partial charge in [-0.3, -0.25) is 4.79 Å². The normalized spacial score (nSPS) is 14.0. The Bertz CT molecular complexity index is 903. The quantitative estimate of drug-likeness (QED) is 0.602. The predicted molar refractivity (Wildman–Crippen MR) is 114 cm³/mol. The zero-order chi connectivity index (χ0) is 21.7. The maximum absolute atomic E-state index is 10.9. The summed E-state index contributed by atoms with van der Waals surface area (Å²) in [6.07, 6.45) is 1.30. The van der Waals surface area contributed by atoms with E-state index in [0.29, 0.717) is 37.7 Å². The third kappa shape index (κ3) is 5.38. The Labute approximate surface area is 177 Å². The molecule has 0 saturated heterocycles. The molecule has 0 fully saturated rings. The molecular weight excluding hydrogens is 384 g/mol. The van der Waals surface area contributed by atoms with Crippen LogP contribution in [-0.4, -0.2) is 29.9 Å². The van der Waals surface area contributed by atoms with Gasteiger partial charge in [-0.1, -0.05) is 6.07 Å². The Balaban J connectivity index is 1.79. The second-order valence-electron chi connectivity index (χ2n) is 7.93. The van der Waals surface area contributed by atoms with Gasteiger partial charge in [0.15, 0.2) is 0 Å². The van der Waals surface area contributed by atoms with Crippen molar-refractivity contribution in [2.24, 2.45) is 0 Å². The van der Waals surface area contributed by atoms with Gasteiger partial charge < -0.3 is 24.1 Å². The minimum atomic E-state index is -0.830. The van der Waals surface area contributed by atoms with Crippen LogP contribution in [-0.2, 0) is 24.2 Å². The van der Waals surface area contributed by atoms with Crippen molar-refractivity contribution in [3.63, 3.8) is 0 Å². The fraction of sp³-hybridized carbons (Fsp3) is 0.458. The van der Waals surface area contributed by atoms with Gasteiger partial charge in [0.25, 0.3) is 0 Å². The third-order valence-electron chi connectivity index (χ3n) is 4.86. The number of hydrogen-bond donors (Lipinski definition) is 1. The van der Waals surface area contributed by atoms with Crippen LogP contribution >= 0.6 is 0 Å². The van der Waals surface area contributed by atoms with Crippen molar-refractivity contribution in [1.29, 1.82) is 0 Å². The van der Waals surface area contributed by atoms with Crippen molar-refractivity contribution in [2.75, 3.05) is 13.2 Å². The van der Waals surface area contributed by atoms with Gasteiger partial charge in [0.1, 0.15) is 35.2 Å². The second-order valence-corrected chi connectivity index (χ2v) is 7.93. The van der Waals surface area contributed by atoms with Crippen LogP contribution < -0.4 is 18.9 Å². The molecule has 30 heavy (non-hydrogen) atoms. The van der Waals surface area contributed by atoms with Crippen molar-refractivity contribution < 1.29 is 28.8 Å². The monoisotopic (exact) mass is 414 g/mol. The number of benzene rings is 2. The van der Waals surface area contributed by atoms with Crippen molar-refractivity contribution in [3.8, 4) is 23.0 Å². The van der Waals surface area contributed by atoms with Crippen molar-refractivity contribution in [1.82, 2.24) is 0 Å². The van der Waals surface area contributed by atoms with E-state index in [4.69, 9.17) is 24.1 Å². The van der Waals surface area contributed by atoms with E-state index in [1.807, 2.05) is 44.2 Å². The van der Waals surface area contributed by atoms with Gasteiger partial charge in [0, 0.05) is 30.0 Å². The summed E-state index contributed by atoms with van der Waals surface area (Å²) in [6.45, 7) is 9.43. The number of aryl methyl sites for hydroxylation is 1. The van der Waals surface area contributed by atoms with Gasteiger partial charge in [-0.05, 0) is 57.9 Å². The van der Waals surface area contributed by atoms with Crippen LogP contribution in [0.1, 0.15) is 50.8 Å². The van der Waals surface area contributed by atoms with Crippen LogP contribution in [0, 0.1) is 0 Å². The zero-order valence-electron chi connectivity index (χ0n) is 18.1. The molecule has 0 spiro atoms. The van der Waals surface area contributed by atoms with E-state index >= 15 is 0 Å². The van der Waals surface area contributed by atoms with Gasteiger partial charge in [0.05, 0.1) is 13.2 Å². The van der Waals surface area contributed by atoms with E-state index in [-0.39, 0.29) is 12.0 Å². The molecule has 1 aliphatic heterocycles. The van der Waals surface area contributed by atoms with Crippen LogP contribution in [0.4, 0.5) is 0 Å². The molecule has 0 amide bonds. The molecule has 0 atom stereocenters. The van der Waals surface area contributed by atoms with Gasteiger partial charge >= 0.3 is 5.97 Å². The Morgan fingerprint density at radius 2 is 1.80 bits per heavy atom. The first-order chi connectivity index (χ1) is 14.3. The van der Waals surface area contributed by atoms with Crippen molar-refractivity contribution in [3.05, 3.63) is 47.0 Å². The Morgan fingerprint density at radius 3 is 2.50 bits per heavy atom. The zero-order valence-corrected chi connectivity index (χ0v) is 18.1. The van der Waals surface area contributed by atoms with Gasteiger partial charge in [-0.15, -0.1) is 0 Å². The number of carbonyl (C=O) groups is 1. The largest absolute Gasteiger partial charge is 0.494 e. The molecule has 2 aromatic carbocycles. The number of hydrogen-bond acceptors (Lipinski definition) is 5. The number of aliphatic carboxylic acids is 1. The van der Waals surface area contributed by atoms with E-state index in [9.17, 15) is 4.79 Å². The molecule has 162 valence electrons. The summed E-state index contributed by atoms with van der Waals surface area (Å²) in [5.41, 5.74) is 2.67. The smallest absolute Gasteiger partial charge is 0.303 e. The number of fused-ring (bicyclic) bond motifs is 1. The van der Waals surface area contributed by atoms with Crippen LogP contribution in [0.25, 0.3) is 0 Å².